The van der Waals surface area contributed by atoms with Gasteiger partial charge in [0.15, 0.2) is 0 Å². The molecule has 142 valence electrons. The summed E-state index contributed by atoms with van der Waals surface area (Å²) in [5.41, 5.74) is 2.46. The highest BCUT2D eigenvalue weighted by Gasteiger charge is 2.44. The second-order valence-corrected chi connectivity index (χ2v) is 6.88. The third-order valence-corrected chi connectivity index (χ3v) is 4.43. The molecule has 4 nitrogen and oxygen atoms in total. The van der Waals surface area contributed by atoms with E-state index in [-0.39, 0.29) is 23.6 Å². The van der Waals surface area contributed by atoms with Crippen molar-refractivity contribution < 1.29 is 23.4 Å². The van der Waals surface area contributed by atoms with Crippen LogP contribution in [0.2, 0.25) is 0 Å². The van der Waals surface area contributed by atoms with Crippen LogP contribution in [0, 0.1) is 17.7 Å². The Morgan fingerprint density at radius 1 is 1.11 bits per heavy atom. The van der Waals surface area contributed by atoms with Gasteiger partial charge < -0.3 is 14.2 Å². The third-order valence-electron chi connectivity index (χ3n) is 4.43. The summed E-state index contributed by atoms with van der Waals surface area (Å²) < 4.78 is 29.9. The highest BCUT2D eigenvalue weighted by molar-refractivity contribution is 5.75. The van der Waals surface area contributed by atoms with Crippen LogP contribution in [0.3, 0.4) is 0 Å². The first-order valence-electron chi connectivity index (χ1n) is 8.85. The molecule has 2 aromatic carbocycles. The Bertz CT molecular complexity index is 829. The quantitative estimate of drug-likeness (QED) is 0.502. The van der Waals surface area contributed by atoms with Gasteiger partial charge in [-0.25, -0.2) is 4.39 Å². The molecular formula is C22H23FO4. The fourth-order valence-electron chi connectivity index (χ4n) is 2.84. The molecule has 0 saturated heterocycles. The molecule has 1 aliphatic rings. The van der Waals surface area contributed by atoms with Crippen LogP contribution in [0.25, 0.3) is 11.1 Å². The molecule has 0 bridgehead atoms. The number of rotatable bonds is 8. The number of benzene rings is 2. The lowest BCUT2D eigenvalue weighted by molar-refractivity contribution is -0.142. The van der Waals surface area contributed by atoms with E-state index in [9.17, 15) is 9.18 Å². The molecule has 2 atom stereocenters. The first kappa shape index (κ1) is 19.0. The lowest BCUT2D eigenvalue weighted by atomic mass is 10.1. The molecule has 0 unspecified atom stereocenters. The van der Waals surface area contributed by atoms with Crippen molar-refractivity contribution in [3.63, 3.8) is 0 Å². The highest BCUT2D eigenvalue weighted by atomic mass is 19.1. The minimum absolute atomic E-state index is 0.0424. The fraction of sp³-hybridized carbons (Fsp3) is 0.318. The maximum Gasteiger partial charge on any atom is 0.309 e. The summed E-state index contributed by atoms with van der Waals surface area (Å²) in [6.07, 6.45) is 0.807. The molecule has 0 spiro atoms. The summed E-state index contributed by atoms with van der Waals surface area (Å²) in [6.45, 7) is 6.47. The Kier molecular flexibility index (Phi) is 5.79. The van der Waals surface area contributed by atoms with Crippen LogP contribution in [-0.2, 0) is 9.53 Å². The minimum atomic E-state index is -0.355. The smallest absolute Gasteiger partial charge is 0.309 e. The normalized spacial score (nSPS) is 17.9. The predicted molar refractivity (Wildman–Crippen MR) is 101 cm³/mol. The molecule has 0 heterocycles. The van der Waals surface area contributed by atoms with Crippen molar-refractivity contribution >= 4 is 5.97 Å². The second kappa shape index (κ2) is 8.25. The maximum absolute atomic E-state index is 13.9. The molecule has 1 aliphatic carbocycles. The van der Waals surface area contributed by atoms with E-state index in [2.05, 4.69) is 6.58 Å². The van der Waals surface area contributed by atoms with E-state index in [0.717, 1.165) is 23.1 Å². The van der Waals surface area contributed by atoms with Crippen molar-refractivity contribution in [2.75, 3.05) is 20.3 Å². The number of hydrogen-bond acceptors (Lipinski definition) is 4. The average molecular weight is 370 g/mol. The standard InChI is InChI=1S/C22H23FO4/c1-14(2)12-26-20-9-16(8-18(23)11-20)15-4-6-19(7-5-15)27-13-17-10-21(17)22(24)25-3/h4-9,11,17,21H,1,10,12-13H2,2-3H3/t17-,21+/m0/s1. The Hall–Kier alpha value is -2.82. The summed E-state index contributed by atoms with van der Waals surface area (Å²) in [7, 11) is 1.40. The number of esters is 1. The molecule has 3 rings (SSSR count). The second-order valence-electron chi connectivity index (χ2n) is 6.88. The molecule has 1 saturated carbocycles. The summed E-state index contributed by atoms with van der Waals surface area (Å²) >= 11 is 0. The summed E-state index contributed by atoms with van der Waals surface area (Å²) in [5, 5.41) is 0. The third kappa shape index (κ3) is 5.09. The van der Waals surface area contributed by atoms with Gasteiger partial charge in [0.05, 0.1) is 19.6 Å². The zero-order valence-corrected chi connectivity index (χ0v) is 15.5. The van der Waals surface area contributed by atoms with Gasteiger partial charge in [0.25, 0.3) is 0 Å². The van der Waals surface area contributed by atoms with Gasteiger partial charge in [-0.3, -0.25) is 4.79 Å². The van der Waals surface area contributed by atoms with E-state index in [1.54, 1.807) is 6.07 Å². The predicted octanol–water partition coefficient (Wildman–Crippen LogP) is 4.64. The topological polar surface area (TPSA) is 44.8 Å². The molecule has 2 aromatic rings. The van der Waals surface area contributed by atoms with E-state index in [0.29, 0.717) is 24.7 Å². The van der Waals surface area contributed by atoms with Crippen molar-refractivity contribution in [2.24, 2.45) is 11.8 Å². The number of ether oxygens (including phenoxy) is 3. The first-order valence-corrected chi connectivity index (χ1v) is 8.85. The number of carbonyl (C=O) groups excluding carboxylic acids is 1. The molecule has 0 aromatic heterocycles. The van der Waals surface area contributed by atoms with Crippen molar-refractivity contribution in [1.82, 2.24) is 0 Å². The van der Waals surface area contributed by atoms with Crippen molar-refractivity contribution in [2.45, 2.75) is 13.3 Å². The molecular weight excluding hydrogens is 347 g/mol. The zero-order valence-electron chi connectivity index (χ0n) is 15.5. The summed E-state index contributed by atoms with van der Waals surface area (Å²) in [5.74, 6) is 0.828. The van der Waals surface area contributed by atoms with Crippen LogP contribution in [0.4, 0.5) is 4.39 Å². The van der Waals surface area contributed by atoms with Crippen molar-refractivity contribution in [3.05, 3.63) is 60.4 Å². The molecule has 0 amide bonds. The molecule has 0 aliphatic heterocycles. The van der Waals surface area contributed by atoms with Gasteiger partial charge in [-0.2, -0.15) is 0 Å². The maximum atomic E-state index is 13.9. The van der Waals surface area contributed by atoms with Crippen molar-refractivity contribution in [1.29, 1.82) is 0 Å². The minimum Gasteiger partial charge on any atom is -0.493 e. The molecule has 0 radical (unpaired) electrons. The SMILES string of the molecule is C=C(C)COc1cc(F)cc(-c2ccc(OC[C@@H]3C[C@H]3C(=O)OC)cc2)c1. The molecule has 27 heavy (non-hydrogen) atoms. The Morgan fingerprint density at radius 2 is 1.85 bits per heavy atom. The number of halogens is 1. The van der Waals surface area contributed by atoms with E-state index in [1.807, 2.05) is 31.2 Å². The first-order chi connectivity index (χ1) is 13.0. The Labute approximate surface area is 158 Å². The summed E-state index contributed by atoms with van der Waals surface area (Å²) in [6, 6.07) is 12.0. The molecule has 5 heteroatoms. The average Bonchev–Trinajstić information content (AvgIpc) is 3.44. The zero-order chi connectivity index (χ0) is 19.4. The van der Waals surface area contributed by atoms with Gasteiger partial charge in [0, 0.05) is 12.0 Å². The van der Waals surface area contributed by atoms with Crippen LogP contribution < -0.4 is 9.47 Å². The van der Waals surface area contributed by atoms with Gasteiger partial charge in [0.2, 0.25) is 0 Å². The Morgan fingerprint density at radius 3 is 2.52 bits per heavy atom. The number of hydrogen-bond donors (Lipinski definition) is 0. The number of methoxy groups -OCH3 is 1. The summed E-state index contributed by atoms with van der Waals surface area (Å²) in [4.78, 5) is 11.4. The van der Waals surface area contributed by atoms with Crippen LogP contribution in [0.1, 0.15) is 13.3 Å². The lowest BCUT2D eigenvalue weighted by Gasteiger charge is -2.10. The van der Waals surface area contributed by atoms with E-state index < -0.39 is 0 Å². The van der Waals surface area contributed by atoms with E-state index in [4.69, 9.17) is 14.2 Å². The van der Waals surface area contributed by atoms with Gasteiger partial charge in [0.1, 0.15) is 23.9 Å². The van der Waals surface area contributed by atoms with Crippen LogP contribution in [-0.4, -0.2) is 26.3 Å². The van der Waals surface area contributed by atoms with E-state index >= 15 is 0 Å². The largest absolute Gasteiger partial charge is 0.493 e. The molecule has 1 fully saturated rings. The lowest BCUT2D eigenvalue weighted by Crippen LogP contribution is -2.08. The highest BCUT2D eigenvalue weighted by Crippen LogP contribution is 2.39. The van der Waals surface area contributed by atoms with Gasteiger partial charge in [-0.1, -0.05) is 18.7 Å². The monoisotopic (exact) mass is 370 g/mol. The van der Waals surface area contributed by atoms with Gasteiger partial charge in [-0.15, -0.1) is 0 Å². The van der Waals surface area contributed by atoms with Gasteiger partial charge >= 0.3 is 5.97 Å². The van der Waals surface area contributed by atoms with Gasteiger partial charge in [-0.05, 0) is 54.3 Å². The fourth-order valence-corrected chi connectivity index (χ4v) is 2.84. The molecule has 0 N–H and O–H groups in total. The van der Waals surface area contributed by atoms with E-state index in [1.165, 1.54) is 19.2 Å². The van der Waals surface area contributed by atoms with Crippen LogP contribution in [0.5, 0.6) is 11.5 Å². The van der Waals surface area contributed by atoms with Crippen LogP contribution in [0.15, 0.2) is 54.6 Å². The Balaban J connectivity index is 1.61. The number of carbonyl (C=O) groups is 1. The van der Waals surface area contributed by atoms with Crippen molar-refractivity contribution in [3.8, 4) is 22.6 Å². The van der Waals surface area contributed by atoms with Crippen LogP contribution >= 0.6 is 0 Å².